The number of aromatic nitrogens is 3. The van der Waals surface area contributed by atoms with Gasteiger partial charge in [0, 0.05) is 18.4 Å². The molecule has 0 unspecified atom stereocenters. The van der Waals surface area contributed by atoms with Gasteiger partial charge in [-0.1, -0.05) is 23.7 Å². The smallest absolute Gasteiger partial charge is 0.245 e. The Morgan fingerprint density at radius 1 is 1.21 bits per heavy atom. The van der Waals surface area contributed by atoms with Crippen LogP contribution in [0.2, 0.25) is 5.15 Å². The van der Waals surface area contributed by atoms with Crippen molar-refractivity contribution in [3.05, 3.63) is 52.8 Å². The number of hydrogen-bond acceptors (Lipinski definition) is 6. The Hall–Kier alpha value is -3.79. The third kappa shape index (κ3) is 5.40. The van der Waals surface area contributed by atoms with Crippen LogP contribution in [0.3, 0.4) is 0 Å². The lowest BCUT2D eigenvalue weighted by Gasteiger charge is -2.22. The molecular weight excluding hydrogens is 460 g/mol. The van der Waals surface area contributed by atoms with E-state index in [0.717, 1.165) is 12.8 Å². The zero-order valence-corrected chi connectivity index (χ0v) is 19.2. The second-order valence-electron chi connectivity index (χ2n) is 8.20. The van der Waals surface area contributed by atoms with E-state index in [2.05, 4.69) is 15.4 Å². The first kappa shape index (κ1) is 23.4. The summed E-state index contributed by atoms with van der Waals surface area (Å²) >= 11 is 5.86. The number of nitrogens with two attached hydrogens (primary N) is 1. The average Bonchev–Trinajstić information content (AvgIpc) is 3.53. The van der Waals surface area contributed by atoms with Crippen LogP contribution in [0.15, 0.2) is 36.4 Å². The van der Waals surface area contributed by atoms with Gasteiger partial charge in [0.15, 0.2) is 5.78 Å². The summed E-state index contributed by atoms with van der Waals surface area (Å²) in [4.78, 5) is 54.7. The summed E-state index contributed by atoms with van der Waals surface area (Å²) in [6.07, 6.45) is 1.65. The van der Waals surface area contributed by atoms with E-state index < -0.39 is 5.91 Å². The molecule has 1 aromatic carbocycles. The van der Waals surface area contributed by atoms with E-state index in [9.17, 15) is 19.2 Å². The maximum atomic E-state index is 13.2. The van der Waals surface area contributed by atoms with Gasteiger partial charge in [-0.15, -0.1) is 0 Å². The molecule has 0 saturated heterocycles. The Balaban J connectivity index is 1.53. The van der Waals surface area contributed by atoms with Crippen LogP contribution < -0.4 is 11.1 Å². The SMILES string of the molecule is CC(=O)c1nn(CC(=O)N(CC(=O)Nc2cccc(Cl)n2)C2CC2)c2ccc(CC(N)=O)cc12. The molecule has 3 N–H and O–H groups in total. The number of hydrogen-bond donors (Lipinski definition) is 2. The zero-order chi connectivity index (χ0) is 24.4. The summed E-state index contributed by atoms with van der Waals surface area (Å²) in [5.74, 6) is -1.13. The highest BCUT2D eigenvalue weighted by atomic mass is 35.5. The maximum Gasteiger partial charge on any atom is 0.245 e. The number of amides is 3. The fourth-order valence-electron chi connectivity index (χ4n) is 3.76. The standard InChI is InChI=1S/C23H23ClN6O4/c1-13(31)23-16-9-14(10-19(25)32)5-8-17(16)30(28-23)12-22(34)29(15-6-7-15)11-21(33)27-20-4-2-3-18(24)26-20/h2-5,8-9,15H,6-7,10-12H2,1H3,(H2,25,32)(H,26,27,33). The van der Waals surface area contributed by atoms with Gasteiger partial charge in [0.05, 0.1) is 11.9 Å². The predicted octanol–water partition coefficient (Wildman–Crippen LogP) is 1.94. The lowest BCUT2D eigenvalue weighted by atomic mass is 10.1. The molecule has 1 aliphatic rings. The minimum Gasteiger partial charge on any atom is -0.369 e. The van der Waals surface area contributed by atoms with Crippen molar-refractivity contribution in [1.82, 2.24) is 19.7 Å². The van der Waals surface area contributed by atoms with Crippen LogP contribution >= 0.6 is 11.6 Å². The molecule has 10 nitrogen and oxygen atoms in total. The largest absolute Gasteiger partial charge is 0.369 e. The molecule has 2 aromatic heterocycles. The Labute approximate surface area is 200 Å². The Bertz CT molecular complexity index is 1300. The third-order valence-corrected chi connectivity index (χ3v) is 5.63. The fraction of sp³-hybridized carbons (Fsp3) is 0.304. The molecule has 176 valence electrons. The topological polar surface area (TPSA) is 140 Å². The Morgan fingerprint density at radius 3 is 2.62 bits per heavy atom. The first-order valence-corrected chi connectivity index (χ1v) is 11.1. The number of primary amides is 1. The molecule has 2 heterocycles. The van der Waals surface area contributed by atoms with Crippen molar-refractivity contribution in [1.29, 1.82) is 0 Å². The number of pyridine rings is 1. The van der Waals surface area contributed by atoms with Crippen LogP contribution in [0.1, 0.15) is 35.8 Å². The lowest BCUT2D eigenvalue weighted by Crippen LogP contribution is -2.41. The summed E-state index contributed by atoms with van der Waals surface area (Å²) in [7, 11) is 0. The van der Waals surface area contributed by atoms with Gasteiger partial charge in [-0.05, 0) is 42.7 Å². The number of ketones is 1. The number of carbonyl (C=O) groups is 4. The maximum absolute atomic E-state index is 13.2. The summed E-state index contributed by atoms with van der Waals surface area (Å²) < 4.78 is 1.45. The predicted molar refractivity (Wildman–Crippen MR) is 125 cm³/mol. The second-order valence-corrected chi connectivity index (χ2v) is 8.59. The van der Waals surface area contributed by atoms with Crippen LogP contribution in [0.4, 0.5) is 5.82 Å². The van der Waals surface area contributed by atoms with Gasteiger partial charge in [-0.25, -0.2) is 4.98 Å². The van der Waals surface area contributed by atoms with Gasteiger partial charge < -0.3 is 16.0 Å². The number of carbonyl (C=O) groups excluding carboxylic acids is 4. The Kier molecular flexibility index (Phi) is 6.60. The number of fused-ring (bicyclic) bond motifs is 1. The molecule has 4 rings (SSSR count). The number of anilines is 1. The first-order valence-electron chi connectivity index (χ1n) is 10.7. The van der Waals surface area contributed by atoms with Crippen molar-refractivity contribution in [3.8, 4) is 0 Å². The number of nitrogens with zero attached hydrogens (tertiary/aromatic N) is 4. The molecule has 0 atom stereocenters. The highest BCUT2D eigenvalue weighted by Gasteiger charge is 2.34. The van der Waals surface area contributed by atoms with E-state index in [1.807, 2.05) is 0 Å². The van der Waals surface area contributed by atoms with Crippen molar-refractivity contribution in [2.45, 2.75) is 38.8 Å². The third-order valence-electron chi connectivity index (χ3n) is 5.42. The number of halogens is 1. The minimum absolute atomic E-state index is 0.0261. The zero-order valence-electron chi connectivity index (χ0n) is 18.5. The molecule has 1 aliphatic carbocycles. The second kappa shape index (κ2) is 9.60. The van der Waals surface area contributed by atoms with E-state index in [-0.39, 0.29) is 54.0 Å². The molecule has 1 saturated carbocycles. The van der Waals surface area contributed by atoms with Crippen LogP contribution in [0.5, 0.6) is 0 Å². The molecule has 0 aliphatic heterocycles. The van der Waals surface area contributed by atoms with E-state index in [1.54, 1.807) is 36.4 Å². The summed E-state index contributed by atoms with van der Waals surface area (Å²) in [6, 6.07) is 9.95. The van der Waals surface area contributed by atoms with E-state index in [0.29, 0.717) is 22.3 Å². The van der Waals surface area contributed by atoms with Crippen molar-refractivity contribution < 1.29 is 19.2 Å². The van der Waals surface area contributed by atoms with E-state index >= 15 is 0 Å². The summed E-state index contributed by atoms with van der Waals surface area (Å²) in [6.45, 7) is 1.11. The van der Waals surface area contributed by atoms with Crippen molar-refractivity contribution >= 4 is 51.8 Å². The molecule has 0 bridgehead atoms. The van der Waals surface area contributed by atoms with Crippen LogP contribution in [-0.2, 0) is 27.3 Å². The number of Topliss-reactive ketones (excluding diaryl/α,β-unsaturated/α-hetero) is 1. The summed E-state index contributed by atoms with van der Waals surface area (Å²) in [5, 5.41) is 7.79. The van der Waals surface area contributed by atoms with Crippen LogP contribution in [0, 0.1) is 0 Å². The molecule has 0 radical (unpaired) electrons. The van der Waals surface area contributed by atoms with Crippen LogP contribution in [-0.4, -0.2) is 55.8 Å². The van der Waals surface area contributed by atoms with Gasteiger partial charge in [-0.3, -0.25) is 23.9 Å². The quantitative estimate of drug-likeness (QED) is 0.353. The van der Waals surface area contributed by atoms with Crippen molar-refractivity contribution in [2.75, 3.05) is 11.9 Å². The molecule has 3 aromatic rings. The minimum atomic E-state index is -0.488. The van der Waals surface area contributed by atoms with E-state index in [1.165, 1.54) is 16.5 Å². The monoisotopic (exact) mass is 482 g/mol. The first-order chi connectivity index (χ1) is 16.2. The van der Waals surface area contributed by atoms with Gasteiger partial charge in [0.25, 0.3) is 0 Å². The normalized spacial score (nSPS) is 13.0. The lowest BCUT2D eigenvalue weighted by molar-refractivity contribution is -0.135. The van der Waals surface area contributed by atoms with Crippen molar-refractivity contribution in [2.24, 2.45) is 5.73 Å². The van der Waals surface area contributed by atoms with Gasteiger partial charge in [0.2, 0.25) is 17.7 Å². The highest BCUT2D eigenvalue weighted by Crippen LogP contribution is 2.28. The van der Waals surface area contributed by atoms with Gasteiger partial charge >= 0.3 is 0 Å². The number of benzene rings is 1. The Morgan fingerprint density at radius 2 is 1.97 bits per heavy atom. The fourth-order valence-corrected chi connectivity index (χ4v) is 3.92. The van der Waals surface area contributed by atoms with Gasteiger partial charge in [0.1, 0.15) is 29.8 Å². The van der Waals surface area contributed by atoms with E-state index in [4.69, 9.17) is 17.3 Å². The average molecular weight is 483 g/mol. The summed E-state index contributed by atoms with van der Waals surface area (Å²) in [5.41, 5.74) is 6.72. The molecule has 11 heteroatoms. The number of rotatable bonds is 9. The molecule has 3 amide bonds. The highest BCUT2D eigenvalue weighted by molar-refractivity contribution is 6.29. The number of nitrogens with one attached hydrogen (secondary N) is 1. The van der Waals surface area contributed by atoms with Crippen LogP contribution in [0.25, 0.3) is 10.9 Å². The molecular formula is C23H23ClN6O4. The molecule has 34 heavy (non-hydrogen) atoms. The van der Waals surface area contributed by atoms with Gasteiger partial charge in [-0.2, -0.15) is 5.10 Å². The molecule has 1 fully saturated rings. The van der Waals surface area contributed by atoms with Crippen molar-refractivity contribution in [3.63, 3.8) is 0 Å². The molecule has 0 spiro atoms.